The number of nitrogens with zero attached hydrogens (tertiary/aromatic N) is 2. The zero-order valence-corrected chi connectivity index (χ0v) is 28.0. The van der Waals surface area contributed by atoms with Crippen LogP contribution >= 0.6 is 18.6 Å². The zero-order chi connectivity index (χ0) is 30.3. The molecular weight excluding hydrogens is 627 g/mol. The normalized spacial score (nSPS) is 13.5. The summed E-state index contributed by atoms with van der Waals surface area (Å²) in [5.41, 5.74) is 11.5. The summed E-state index contributed by atoms with van der Waals surface area (Å²) in [6, 6.07) is 44.2. The molecule has 0 saturated carbocycles. The van der Waals surface area contributed by atoms with Gasteiger partial charge in [-0.05, 0) is 73.2 Å². The van der Waals surface area contributed by atoms with Gasteiger partial charge in [0.25, 0.3) is 0 Å². The van der Waals surface area contributed by atoms with Crippen molar-refractivity contribution in [2.45, 2.75) is 38.5 Å². The van der Waals surface area contributed by atoms with Crippen LogP contribution in [0.25, 0.3) is 54.7 Å². The fourth-order valence-electron chi connectivity index (χ4n) is 7.78. The van der Waals surface area contributed by atoms with Gasteiger partial charge in [0.05, 0.1) is 11.0 Å². The minimum Gasteiger partial charge on any atom is -0.332 e. The van der Waals surface area contributed by atoms with Gasteiger partial charge in [-0.3, -0.25) is 0 Å². The van der Waals surface area contributed by atoms with Crippen molar-refractivity contribution in [1.29, 1.82) is 0 Å². The minimum absolute atomic E-state index is 0.556. The fraction of sp³-hybridized carbons (Fsp3) is 0.150. The zero-order valence-electron chi connectivity index (χ0n) is 24.9. The summed E-state index contributed by atoms with van der Waals surface area (Å²) in [6.07, 6.45) is 7.43. The van der Waals surface area contributed by atoms with Gasteiger partial charge in [-0.25, -0.2) is 0 Å². The monoisotopic (exact) mass is 658 g/mol. The summed E-state index contributed by atoms with van der Waals surface area (Å²) in [5.74, 6) is 0. The van der Waals surface area contributed by atoms with Gasteiger partial charge < -0.3 is 9.13 Å². The molecule has 8 aromatic rings. The molecule has 222 valence electrons. The van der Waals surface area contributed by atoms with Crippen molar-refractivity contribution in [3.05, 3.63) is 144 Å². The Labute approximate surface area is 280 Å². The van der Waals surface area contributed by atoms with Crippen LogP contribution in [-0.4, -0.2) is 9.13 Å². The van der Waals surface area contributed by atoms with Crippen LogP contribution in [0.3, 0.4) is 0 Å². The summed E-state index contributed by atoms with van der Waals surface area (Å²) in [4.78, 5) is 0. The van der Waals surface area contributed by atoms with Gasteiger partial charge in [0.1, 0.15) is 0 Å². The third-order valence-corrected chi connectivity index (χ3v) is 9.58. The standard InChI is InChI=1S/2C20H16N.2ClH.Ti/c2*1-2-7-15-13-16(12-14(15)6-1)21-19-10-4-3-8-17(19)18-9-5-11-20(18)21;;;/h2*1-4,6-8,10,12-13H,5,9,11H2;2*1H;/q2*-1;;;+2/p-2. The van der Waals surface area contributed by atoms with Crippen molar-refractivity contribution in [3.63, 3.8) is 0 Å². The first-order valence-electron chi connectivity index (χ1n) is 15.8. The van der Waals surface area contributed by atoms with Gasteiger partial charge in [-0.15, -0.1) is 82.2 Å². The molecule has 2 heterocycles. The average Bonchev–Trinajstić information content (AvgIpc) is 3.91. The molecule has 0 fully saturated rings. The Kier molecular flexibility index (Phi) is 7.93. The Hall–Kier alpha value is -3.53. The second-order valence-electron chi connectivity index (χ2n) is 12.0. The van der Waals surface area contributed by atoms with Gasteiger partial charge in [-0.1, -0.05) is 48.5 Å². The molecule has 10 rings (SSSR count). The summed E-state index contributed by atoms with van der Waals surface area (Å²) in [6.45, 7) is 0. The topological polar surface area (TPSA) is 9.86 Å². The van der Waals surface area contributed by atoms with E-state index in [4.69, 9.17) is 18.6 Å². The van der Waals surface area contributed by atoms with Crippen molar-refractivity contribution in [3.8, 4) is 11.4 Å². The second-order valence-corrected chi connectivity index (χ2v) is 14.6. The summed E-state index contributed by atoms with van der Waals surface area (Å²) < 4.78 is 4.97. The molecular formula is C40H32Cl2N2Ti-2. The minimum atomic E-state index is -0.556. The summed E-state index contributed by atoms with van der Waals surface area (Å²) in [5, 5.41) is 8.20. The van der Waals surface area contributed by atoms with Crippen molar-refractivity contribution < 1.29 is 17.0 Å². The Morgan fingerprint density at radius 3 is 1.36 bits per heavy atom. The summed E-state index contributed by atoms with van der Waals surface area (Å²) in [7, 11) is 9.78. The van der Waals surface area contributed by atoms with Gasteiger partial charge in [0.2, 0.25) is 0 Å². The number of aromatic nitrogens is 2. The molecule has 2 aliphatic rings. The maximum atomic E-state index is 4.89. The van der Waals surface area contributed by atoms with Crippen LogP contribution in [0.4, 0.5) is 0 Å². The molecule has 0 unspecified atom stereocenters. The maximum absolute atomic E-state index is 4.89. The van der Waals surface area contributed by atoms with Crippen LogP contribution < -0.4 is 0 Å². The number of halogens is 2. The van der Waals surface area contributed by atoms with E-state index < -0.39 is 17.0 Å². The molecule has 2 aromatic heterocycles. The smallest absolute Gasteiger partial charge is 0.0516 e. The Bertz CT molecular complexity index is 2070. The first-order chi connectivity index (χ1) is 22.2. The van der Waals surface area contributed by atoms with E-state index in [2.05, 4.69) is 130 Å². The van der Waals surface area contributed by atoms with Crippen molar-refractivity contribution in [2.75, 3.05) is 0 Å². The van der Waals surface area contributed by atoms with Gasteiger partial charge >= 0.3 is 35.6 Å². The molecule has 45 heavy (non-hydrogen) atoms. The Morgan fingerprint density at radius 2 is 0.911 bits per heavy atom. The molecule has 2 aliphatic carbocycles. The largest absolute Gasteiger partial charge is 0.332 e. The molecule has 6 aromatic carbocycles. The Balaban J connectivity index is 0.000000123. The number of para-hydroxylation sites is 2. The van der Waals surface area contributed by atoms with E-state index in [1.165, 1.54) is 105 Å². The first-order valence-corrected chi connectivity index (χ1v) is 20.0. The number of fused-ring (bicyclic) bond motifs is 8. The van der Waals surface area contributed by atoms with Crippen LogP contribution in [0.1, 0.15) is 35.4 Å². The van der Waals surface area contributed by atoms with Crippen LogP contribution in [0.15, 0.2) is 121 Å². The molecule has 0 radical (unpaired) electrons. The van der Waals surface area contributed by atoms with E-state index in [0.717, 1.165) is 0 Å². The molecule has 0 saturated heterocycles. The molecule has 5 heteroatoms. The van der Waals surface area contributed by atoms with Gasteiger partial charge in [0, 0.05) is 22.2 Å². The van der Waals surface area contributed by atoms with Crippen LogP contribution in [0.5, 0.6) is 0 Å². The van der Waals surface area contributed by atoms with Gasteiger partial charge in [-0.2, -0.15) is 0 Å². The first kappa shape index (κ1) is 28.9. The van der Waals surface area contributed by atoms with E-state index in [9.17, 15) is 0 Å². The van der Waals surface area contributed by atoms with Crippen molar-refractivity contribution in [1.82, 2.24) is 9.13 Å². The van der Waals surface area contributed by atoms with E-state index in [-0.39, 0.29) is 0 Å². The SMILES string of the molecule is [Cl][Ti][Cl].c1ccc2[cH-]c(-n3c4c(c5ccccc53)CCC4)cc2c1.c1ccc2[cH-]c(-n3c4c(c5ccccc53)CCC4)cc2c1. The van der Waals surface area contributed by atoms with Gasteiger partial charge in [0.15, 0.2) is 0 Å². The van der Waals surface area contributed by atoms with Crippen molar-refractivity contribution >= 4 is 62.0 Å². The third kappa shape index (κ3) is 5.09. The van der Waals surface area contributed by atoms with E-state index in [0.29, 0.717) is 0 Å². The predicted molar refractivity (Wildman–Crippen MR) is 189 cm³/mol. The molecule has 0 spiro atoms. The molecule has 0 aliphatic heterocycles. The number of hydrogen-bond donors (Lipinski definition) is 0. The molecule has 0 bridgehead atoms. The van der Waals surface area contributed by atoms with Crippen LogP contribution in [0.2, 0.25) is 0 Å². The molecule has 0 atom stereocenters. The van der Waals surface area contributed by atoms with Crippen LogP contribution in [-0.2, 0) is 42.7 Å². The molecule has 2 nitrogen and oxygen atoms in total. The number of benzene rings is 4. The number of rotatable bonds is 2. The molecule has 0 amide bonds. The Morgan fingerprint density at radius 1 is 0.511 bits per heavy atom. The maximum Gasteiger partial charge on any atom is 0.0516 e. The van der Waals surface area contributed by atoms with Crippen LogP contribution in [0, 0.1) is 0 Å². The average molecular weight is 659 g/mol. The van der Waals surface area contributed by atoms with Crippen molar-refractivity contribution in [2.24, 2.45) is 0 Å². The summed E-state index contributed by atoms with van der Waals surface area (Å²) >= 11 is -0.556. The molecule has 0 N–H and O–H groups in total. The third-order valence-electron chi connectivity index (χ3n) is 9.58. The quantitative estimate of drug-likeness (QED) is 0.129. The van der Waals surface area contributed by atoms with E-state index in [1.54, 1.807) is 11.1 Å². The second kappa shape index (κ2) is 12.3. The number of hydrogen-bond acceptors (Lipinski definition) is 0. The van der Waals surface area contributed by atoms with E-state index in [1.807, 2.05) is 0 Å². The van der Waals surface area contributed by atoms with E-state index >= 15 is 0 Å². The number of aryl methyl sites for hydroxylation is 2. The predicted octanol–water partition coefficient (Wildman–Crippen LogP) is 11.4. The fourth-order valence-corrected chi connectivity index (χ4v) is 7.78.